The first-order valence-corrected chi connectivity index (χ1v) is 13.0. The number of anilines is 2. The maximum absolute atomic E-state index is 14.8. The van der Waals surface area contributed by atoms with Crippen LogP contribution >= 0.6 is 0 Å². The molecular formula is C30H29F2N5O4. The Morgan fingerprint density at radius 3 is 2.49 bits per heavy atom. The van der Waals surface area contributed by atoms with E-state index in [1.165, 1.54) is 42.6 Å². The summed E-state index contributed by atoms with van der Waals surface area (Å²) in [6.45, 7) is 6.08. The number of amides is 2. The van der Waals surface area contributed by atoms with Crippen LogP contribution in [0.15, 0.2) is 66.9 Å². The molecule has 1 aromatic heterocycles. The van der Waals surface area contributed by atoms with E-state index < -0.39 is 23.8 Å². The molecular weight excluding hydrogens is 532 g/mol. The molecule has 0 bridgehead atoms. The monoisotopic (exact) mass is 561 g/mol. The number of ether oxygens (including phenoxy) is 2. The third-order valence-electron chi connectivity index (χ3n) is 6.24. The Morgan fingerprint density at radius 2 is 1.80 bits per heavy atom. The minimum atomic E-state index is -0.744. The van der Waals surface area contributed by atoms with Gasteiger partial charge in [-0.2, -0.15) is 5.26 Å². The van der Waals surface area contributed by atoms with E-state index in [1.54, 1.807) is 18.2 Å². The van der Waals surface area contributed by atoms with E-state index in [2.05, 4.69) is 26.6 Å². The highest BCUT2D eigenvalue weighted by Gasteiger charge is 2.15. The number of hydrogen-bond acceptors (Lipinski definition) is 7. The van der Waals surface area contributed by atoms with Gasteiger partial charge in [0.15, 0.2) is 0 Å². The lowest BCUT2D eigenvalue weighted by Gasteiger charge is -2.22. The fourth-order valence-corrected chi connectivity index (χ4v) is 4.07. The van der Waals surface area contributed by atoms with Crippen molar-refractivity contribution in [1.29, 1.82) is 5.26 Å². The van der Waals surface area contributed by atoms with Gasteiger partial charge in [-0.15, -0.1) is 0 Å². The van der Waals surface area contributed by atoms with Crippen LogP contribution in [-0.2, 0) is 0 Å². The second-order valence-corrected chi connectivity index (χ2v) is 9.07. The molecule has 9 nitrogen and oxygen atoms in total. The summed E-state index contributed by atoms with van der Waals surface area (Å²) < 4.78 is 39.5. The van der Waals surface area contributed by atoms with Gasteiger partial charge in [-0.25, -0.2) is 13.6 Å². The molecule has 1 heterocycles. The average Bonchev–Trinajstić information content (AvgIpc) is 2.97. The van der Waals surface area contributed by atoms with E-state index in [-0.39, 0.29) is 29.4 Å². The molecule has 0 saturated carbocycles. The molecule has 3 aromatic carbocycles. The topological polar surface area (TPSA) is 120 Å². The van der Waals surface area contributed by atoms with Crippen molar-refractivity contribution in [1.82, 2.24) is 9.88 Å². The molecule has 0 spiro atoms. The van der Waals surface area contributed by atoms with Crippen LogP contribution in [0, 0.1) is 23.0 Å². The van der Waals surface area contributed by atoms with Crippen molar-refractivity contribution < 1.29 is 28.2 Å². The first-order valence-electron chi connectivity index (χ1n) is 13.0. The molecule has 4 aromatic rings. The summed E-state index contributed by atoms with van der Waals surface area (Å²) in [6.07, 6.45) is 0.774. The van der Waals surface area contributed by atoms with Gasteiger partial charge in [-0.3, -0.25) is 4.98 Å². The molecule has 3 N–H and O–H groups in total. The summed E-state index contributed by atoms with van der Waals surface area (Å²) in [4.78, 5) is 18.6. The molecule has 11 heteroatoms. The Kier molecular flexibility index (Phi) is 9.63. The van der Waals surface area contributed by atoms with Gasteiger partial charge in [0.05, 0.1) is 16.8 Å². The number of nitrogens with one attached hydrogen (secondary N) is 2. The molecule has 4 rings (SSSR count). The molecule has 0 radical (unpaired) electrons. The lowest BCUT2D eigenvalue weighted by atomic mass is 10.1. The third kappa shape index (κ3) is 7.66. The van der Waals surface area contributed by atoms with Crippen molar-refractivity contribution in [3.05, 3.63) is 84.1 Å². The number of carbonyl (C=O) groups excluding carboxylic acids is 1. The SMILES string of the molecule is CCN(CC)C[C@@H](O)COc1cc2nccc(Oc3ccc(NC(=O)Nc4ccc(F)cc4)c(F)c3)c2cc1C#N. The number of aromatic nitrogens is 1. The molecule has 2 amide bonds. The van der Waals surface area contributed by atoms with E-state index in [1.807, 2.05) is 13.8 Å². The summed E-state index contributed by atoms with van der Waals surface area (Å²) in [5, 5.41) is 25.4. The molecule has 0 saturated heterocycles. The molecule has 0 fully saturated rings. The third-order valence-corrected chi connectivity index (χ3v) is 6.24. The fraction of sp³-hybridized carbons (Fsp3) is 0.233. The number of fused-ring (bicyclic) bond motifs is 1. The van der Waals surface area contributed by atoms with E-state index >= 15 is 0 Å². The van der Waals surface area contributed by atoms with Gasteiger partial charge >= 0.3 is 6.03 Å². The van der Waals surface area contributed by atoms with Crippen LogP contribution in [0.1, 0.15) is 19.4 Å². The summed E-state index contributed by atoms with van der Waals surface area (Å²) in [6, 6.07) is 15.2. The van der Waals surface area contributed by atoms with Crippen molar-refractivity contribution >= 4 is 28.3 Å². The maximum atomic E-state index is 14.8. The minimum Gasteiger partial charge on any atom is -0.489 e. The molecule has 212 valence electrons. The van der Waals surface area contributed by atoms with Crippen molar-refractivity contribution in [2.45, 2.75) is 20.0 Å². The molecule has 0 aliphatic rings. The summed E-state index contributed by atoms with van der Waals surface area (Å²) >= 11 is 0. The molecule has 0 unspecified atom stereocenters. The van der Waals surface area contributed by atoms with Gasteiger partial charge in [0.25, 0.3) is 0 Å². The zero-order valence-corrected chi connectivity index (χ0v) is 22.5. The zero-order chi connectivity index (χ0) is 29.4. The number of aliphatic hydroxyl groups is 1. The Bertz CT molecular complexity index is 1560. The molecule has 0 aliphatic heterocycles. The number of benzene rings is 3. The van der Waals surface area contributed by atoms with Crippen molar-refractivity contribution in [3.8, 4) is 23.3 Å². The largest absolute Gasteiger partial charge is 0.489 e. The number of nitrogens with zero attached hydrogens (tertiary/aromatic N) is 3. The second-order valence-electron chi connectivity index (χ2n) is 9.07. The minimum absolute atomic E-state index is 0.00839. The van der Waals surface area contributed by atoms with Crippen LogP contribution in [0.25, 0.3) is 10.9 Å². The number of pyridine rings is 1. The normalized spacial score (nSPS) is 11.6. The van der Waals surface area contributed by atoms with Crippen LogP contribution in [-0.4, -0.2) is 53.4 Å². The predicted molar refractivity (Wildman–Crippen MR) is 151 cm³/mol. The number of urea groups is 1. The van der Waals surface area contributed by atoms with Gasteiger partial charge in [-0.05, 0) is 61.6 Å². The summed E-state index contributed by atoms with van der Waals surface area (Å²) in [7, 11) is 0. The maximum Gasteiger partial charge on any atom is 0.323 e. The average molecular weight is 562 g/mol. The number of nitriles is 1. The summed E-state index contributed by atoms with van der Waals surface area (Å²) in [5.41, 5.74) is 0.956. The molecule has 0 aliphatic carbocycles. The van der Waals surface area contributed by atoms with E-state index in [0.29, 0.717) is 28.9 Å². The van der Waals surface area contributed by atoms with Crippen LogP contribution in [0.4, 0.5) is 25.0 Å². The van der Waals surface area contributed by atoms with Gasteiger partial charge in [0.2, 0.25) is 0 Å². The first kappa shape index (κ1) is 29.2. The lowest BCUT2D eigenvalue weighted by molar-refractivity contribution is 0.0716. The number of likely N-dealkylation sites (N-methyl/N-ethyl adjacent to an activating group) is 1. The Labute approximate surface area is 235 Å². The standard InChI is InChI=1S/C30H29F2N5O4/c1-3-37(4-2)17-22(38)18-40-29-15-27-24(13-19(29)16-33)28(11-12-34-27)41-23-9-10-26(25(32)14-23)36-30(39)35-21-7-5-20(31)6-8-21/h5-15,22,38H,3-4,17-18H2,1-2H3,(H2,35,36,39)/t22-/m1/s1. The van der Waals surface area contributed by atoms with E-state index in [9.17, 15) is 23.9 Å². The molecule has 1 atom stereocenters. The number of hydrogen-bond donors (Lipinski definition) is 3. The predicted octanol–water partition coefficient (Wildman–Crippen LogP) is 5.90. The Balaban J connectivity index is 1.46. The smallest absolute Gasteiger partial charge is 0.323 e. The van der Waals surface area contributed by atoms with Crippen LogP contribution in [0.3, 0.4) is 0 Å². The van der Waals surface area contributed by atoms with Crippen molar-refractivity contribution in [2.24, 2.45) is 0 Å². The number of carbonyl (C=O) groups is 1. The van der Waals surface area contributed by atoms with Gasteiger partial charge < -0.3 is 30.1 Å². The Hall–Kier alpha value is -4.79. The highest BCUT2D eigenvalue weighted by molar-refractivity contribution is 5.99. The molecule has 41 heavy (non-hydrogen) atoms. The van der Waals surface area contributed by atoms with Crippen molar-refractivity contribution in [3.63, 3.8) is 0 Å². The highest BCUT2D eigenvalue weighted by Crippen LogP contribution is 2.34. The highest BCUT2D eigenvalue weighted by atomic mass is 19.1. The summed E-state index contributed by atoms with van der Waals surface area (Å²) in [5.74, 6) is -0.430. The number of aliphatic hydroxyl groups excluding tert-OH is 1. The van der Waals surface area contributed by atoms with Gasteiger partial charge in [0.1, 0.15) is 47.7 Å². The van der Waals surface area contributed by atoms with E-state index in [4.69, 9.17) is 9.47 Å². The number of rotatable bonds is 11. The second kappa shape index (κ2) is 13.5. The van der Waals surface area contributed by atoms with Crippen LogP contribution in [0.2, 0.25) is 0 Å². The quantitative estimate of drug-likeness (QED) is 0.208. The first-order chi connectivity index (χ1) is 19.8. The lowest BCUT2D eigenvalue weighted by Crippen LogP contribution is -2.35. The number of halogens is 2. The van der Waals surface area contributed by atoms with E-state index in [0.717, 1.165) is 19.2 Å². The van der Waals surface area contributed by atoms with Gasteiger partial charge in [0, 0.05) is 35.9 Å². The van der Waals surface area contributed by atoms with Crippen molar-refractivity contribution in [2.75, 3.05) is 36.9 Å². The van der Waals surface area contributed by atoms with Crippen LogP contribution < -0.4 is 20.1 Å². The van der Waals surface area contributed by atoms with Gasteiger partial charge in [-0.1, -0.05) is 13.8 Å². The van der Waals surface area contributed by atoms with Crippen LogP contribution in [0.5, 0.6) is 17.2 Å². The Morgan fingerprint density at radius 1 is 1.05 bits per heavy atom. The fourth-order valence-electron chi connectivity index (χ4n) is 4.07. The zero-order valence-electron chi connectivity index (χ0n) is 22.5.